The van der Waals surface area contributed by atoms with E-state index in [-0.39, 0.29) is 43.9 Å². The fourth-order valence-corrected chi connectivity index (χ4v) is 7.12. The third-order valence-electron chi connectivity index (χ3n) is 10.2. The third-order valence-corrected chi connectivity index (χ3v) is 10.2. The van der Waals surface area contributed by atoms with E-state index in [1.165, 1.54) is 0 Å². The number of nitrogens with zero attached hydrogens (tertiary/aromatic N) is 2. The molecule has 0 fully saturated rings. The van der Waals surface area contributed by atoms with E-state index in [1.807, 2.05) is 96.7 Å². The number of aliphatic imine (C=N–C) groups is 1. The van der Waals surface area contributed by atoms with Crippen molar-refractivity contribution in [1.82, 2.24) is 20.5 Å². The lowest BCUT2D eigenvalue weighted by Gasteiger charge is -2.26. The smallest absolute Gasteiger partial charge is 0.243 e. The van der Waals surface area contributed by atoms with Gasteiger partial charge in [0.25, 0.3) is 0 Å². The summed E-state index contributed by atoms with van der Waals surface area (Å²) in [5.41, 5.74) is 29.6. The van der Waals surface area contributed by atoms with Crippen LogP contribution in [0.2, 0.25) is 0 Å². The molecule has 14 nitrogen and oxygen atoms in total. The topological polar surface area (TPSA) is 246 Å². The van der Waals surface area contributed by atoms with Gasteiger partial charge in [0.2, 0.25) is 23.6 Å². The first-order valence-electron chi connectivity index (χ1n) is 19.2. The normalized spacial score (nSPS) is 13.2. The lowest BCUT2D eigenvalue weighted by Crippen LogP contribution is -2.58. The van der Waals surface area contributed by atoms with E-state index in [0.717, 1.165) is 38.7 Å². The van der Waals surface area contributed by atoms with Gasteiger partial charge in [0.15, 0.2) is 5.96 Å². The van der Waals surface area contributed by atoms with Gasteiger partial charge in [0.1, 0.15) is 23.9 Å². The molecule has 0 spiro atoms. The number of benzene rings is 4. The van der Waals surface area contributed by atoms with E-state index in [1.54, 1.807) is 26.0 Å². The van der Waals surface area contributed by atoms with E-state index in [4.69, 9.17) is 22.9 Å². The molecule has 0 aliphatic carbocycles. The molecule has 5 rings (SSSR count). The van der Waals surface area contributed by atoms with Crippen LogP contribution < -0.4 is 38.9 Å². The second kappa shape index (κ2) is 19.5. The number of amides is 4. The highest BCUT2D eigenvalue weighted by molar-refractivity contribution is 5.95. The molecule has 0 unspecified atom stereocenters. The lowest BCUT2D eigenvalue weighted by atomic mass is 9.94. The number of guanidine groups is 1. The quantitative estimate of drug-likeness (QED) is 0.0372. The summed E-state index contributed by atoms with van der Waals surface area (Å²) in [4.78, 5) is 59.0. The Hall–Kier alpha value is -6.67. The molecule has 5 aromatic rings. The van der Waals surface area contributed by atoms with Crippen LogP contribution in [0.1, 0.15) is 40.7 Å². The van der Waals surface area contributed by atoms with E-state index in [2.05, 4.69) is 20.9 Å². The van der Waals surface area contributed by atoms with Crippen molar-refractivity contribution >= 4 is 40.5 Å². The number of aryl methyl sites for hydroxylation is 3. The van der Waals surface area contributed by atoms with Gasteiger partial charge < -0.3 is 48.6 Å². The maximum absolute atomic E-state index is 14.4. The van der Waals surface area contributed by atoms with Gasteiger partial charge in [0, 0.05) is 50.0 Å². The van der Waals surface area contributed by atoms with Crippen LogP contribution in [0.3, 0.4) is 0 Å². The maximum Gasteiger partial charge on any atom is 0.243 e. The number of phenolic OH excluding ortho intramolecular Hbond substituents is 1. The van der Waals surface area contributed by atoms with Crippen molar-refractivity contribution in [1.29, 1.82) is 0 Å². The molecule has 4 atom stereocenters. The van der Waals surface area contributed by atoms with Crippen molar-refractivity contribution in [2.75, 3.05) is 6.54 Å². The Morgan fingerprint density at radius 3 is 1.93 bits per heavy atom. The summed E-state index contributed by atoms with van der Waals surface area (Å²) >= 11 is 0. The molecule has 1 heterocycles. The number of para-hydroxylation sites is 1. The van der Waals surface area contributed by atoms with Gasteiger partial charge in [-0.3, -0.25) is 24.2 Å². The molecule has 4 amide bonds. The Kier molecular flexibility index (Phi) is 14.3. The SMILES string of the molecule is Cc1cc(O)cc(C)c1C[C@H](NC(=O)[C@H](N)CCCN=C(N)N)C(=O)N[C@@H](Cc1cn(C)c2ccccc12)C(=O)N[C@@H](Cc1ccc(-c2ccccc2)cc1)C(N)=O. The molecule has 12 N–H and O–H groups in total. The minimum atomic E-state index is -1.20. The summed E-state index contributed by atoms with van der Waals surface area (Å²) in [6.07, 6.45) is 2.75. The van der Waals surface area contributed by atoms with E-state index in [9.17, 15) is 24.3 Å². The highest BCUT2D eigenvalue weighted by Gasteiger charge is 2.32. The Balaban J connectivity index is 1.42. The Morgan fingerprint density at radius 1 is 0.724 bits per heavy atom. The van der Waals surface area contributed by atoms with Gasteiger partial charge in [-0.25, -0.2) is 0 Å². The Morgan fingerprint density at radius 2 is 1.29 bits per heavy atom. The Bertz CT molecular complexity index is 2240. The van der Waals surface area contributed by atoms with Gasteiger partial charge in [-0.2, -0.15) is 0 Å². The second-order valence-corrected chi connectivity index (χ2v) is 14.7. The van der Waals surface area contributed by atoms with Gasteiger partial charge >= 0.3 is 0 Å². The van der Waals surface area contributed by atoms with E-state index < -0.39 is 47.8 Å². The van der Waals surface area contributed by atoms with Gasteiger partial charge in [-0.05, 0) is 83.8 Å². The van der Waals surface area contributed by atoms with Crippen molar-refractivity contribution in [2.24, 2.45) is 35.0 Å². The summed E-state index contributed by atoms with van der Waals surface area (Å²) in [7, 11) is 1.89. The van der Waals surface area contributed by atoms with Gasteiger partial charge in [0.05, 0.1) is 6.04 Å². The van der Waals surface area contributed by atoms with Crippen LogP contribution in [0.5, 0.6) is 5.75 Å². The molecule has 0 aliphatic rings. The first kappa shape index (κ1) is 42.5. The van der Waals surface area contributed by atoms with Crippen LogP contribution in [0.15, 0.2) is 102 Å². The third kappa shape index (κ3) is 11.2. The number of aromatic nitrogens is 1. The molecular weight excluding hydrogens is 735 g/mol. The summed E-state index contributed by atoms with van der Waals surface area (Å²) in [5.74, 6) is -2.62. The average Bonchev–Trinajstić information content (AvgIpc) is 3.51. The predicted octanol–water partition coefficient (Wildman–Crippen LogP) is 2.52. The molecule has 4 aromatic carbocycles. The maximum atomic E-state index is 14.4. The van der Waals surface area contributed by atoms with Crippen LogP contribution in [0.4, 0.5) is 0 Å². The summed E-state index contributed by atoms with van der Waals surface area (Å²) in [5, 5.41) is 19.6. The molecule has 304 valence electrons. The van der Waals surface area contributed by atoms with Crippen molar-refractivity contribution in [2.45, 2.75) is 70.1 Å². The fraction of sp³-hybridized carbons (Fsp3) is 0.295. The first-order valence-corrected chi connectivity index (χ1v) is 19.2. The highest BCUT2D eigenvalue weighted by atomic mass is 16.3. The van der Waals surface area contributed by atoms with Gasteiger partial charge in [-0.1, -0.05) is 72.8 Å². The number of fused-ring (bicyclic) bond motifs is 1. The van der Waals surface area contributed by atoms with Gasteiger partial charge in [-0.15, -0.1) is 0 Å². The molecule has 1 aromatic heterocycles. The minimum absolute atomic E-state index is 0.0295. The number of hydrogen-bond acceptors (Lipinski definition) is 7. The zero-order valence-corrected chi connectivity index (χ0v) is 33.1. The number of carbonyl (C=O) groups excluding carboxylic acids is 4. The molecule has 0 bridgehead atoms. The highest BCUT2D eigenvalue weighted by Crippen LogP contribution is 2.24. The number of hydrogen-bond donors (Lipinski definition) is 8. The zero-order chi connectivity index (χ0) is 41.9. The van der Waals surface area contributed by atoms with Crippen LogP contribution in [0, 0.1) is 13.8 Å². The van der Waals surface area contributed by atoms with Crippen LogP contribution in [0.25, 0.3) is 22.0 Å². The number of aromatic hydroxyl groups is 1. The summed E-state index contributed by atoms with van der Waals surface area (Å²) in [6, 6.07) is 23.9. The fourth-order valence-electron chi connectivity index (χ4n) is 7.12. The minimum Gasteiger partial charge on any atom is -0.508 e. The molecule has 14 heteroatoms. The van der Waals surface area contributed by atoms with Crippen molar-refractivity contribution < 1.29 is 24.3 Å². The molecule has 0 saturated heterocycles. The summed E-state index contributed by atoms with van der Waals surface area (Å²) < 4.78 is 1.93. The number of primary amides is 1. The second-order valence-electron chi connectivity index (χ2n) is 14.7. The van der Waals surface area contributed by atoms with E-state index >= 15 is 0 Å². The Labute approximate surface area is 338 Å². The standard InChI is InChI=1S/C44H53N9O5/c1-26-20-32(54)21-27(2)34(26)24-38(51-41(56)35(45)13-9-19-49-44(47)48)43(58)52-37(23-31-25-53(3)39-14-8-7-12-33(31)39)42(57)50-36(40(46)55)22-28-15-17-30(18-16-28)29-10-5-4-6-11-29/h4-8,10-12,14-18,20-21,25,35-38,54H,9,13,19,22-24,45H2,1-3H3,(H2,46,55)(H,50,57)(H,51,56)(H,52,58)(H4,47,48,49)/t35-,36+,37+,38+/m1/s1. The number of phenols is 1. The van der Waals surface area contributed by atoms with Crippen LogP contribution >= 0.6 is 0 Å². The average molecular weight is 788 g/mol. The molecule has 0 radical (unpaired) electrons. The van der Waals surface area contributed by atoms with Crippen molar-refractivity contribution in [3.8, 4) is 16.9 Å². The van der Waals surface area contributed by atoms with Crippen molar-refractivity contribution in [3.05, 3.63) is 125 Å². The predicted molar refractivity (Wildman–Crippen MR) is 226 cm³/mol. The molecule has 58 heavy (non-hydrogen) atoms. The number of carbonyl (C=O) groups is 4. The first-order chi connectivity index (χ1) is 27.7. The van der Waals surface area contributed by atoms with E-state index in [0.29, 0.717) is 17.5 Å². The lowest BCUT2D eigenvalue weighted by molar-refractivity contribution is -0.133. The monoisotopic (exact) mass is 787 g/mol. The van der Waals surface area contributed by atoms with Crippen molar-refractivity contribution in [3.63, 3.8) is 0 Å². The summed E-state index contributed by atoms with van der Waals surface area (Å²) in [6.45, 7) is 3.86. The van der Waals surface area contributed by atoms with Crippen LogP contribution in [-0.2, 0) is 45.5 Å². The van der Waals surface area contributed by atoms with Crippen LogP contribution in [-0.4, -0.2) is 70.0 Å². The number of nitrogens with one attached hydrogen (secondary N) is 3. The largest absolute Gasteiger partial charge is 0.508 e. The molecular formula is C44H53N9O5. The number of nitrogens with two attached hydrogens (primary N) is 4. The molecule has 0 saturated carbocycles. The zero-order valence-electron chi connectivity index (χ0n) is 33.1. The molecule has 0 aliphatic heterocycles. The number of rotatable bonds is 18.